The zero-order valence-electron chi connectivity index (χ0n) is 19.6. The van der Waals surface area contributed by atoms with Crippen LogP contribution in [0.1, 0.15) is 43.7 Å². The SMILES string of the molecule is C=CCC(NC(=O)CC(CNC(=O)OCC1c2ccccc2-c2ccccc21)C(C)C)C(=O)O. The fraction of sp³-hybridized carbons (Fsp3) is 0.370. The summed E-state index contributed by atoms with van der Waals surface area (Å²) in [6, 6.07) is 15.3. The fourth-order valence-corrected chi connectivity index (χ4v) is 4.29. The molecule has 0 saturated heterocycles. The average Bonchev–Trinajstić information content (AvgIpc) is 3.13. The maximum atomic E-state index is 12.5. The van der Waals surface area contributed by atoms with Crippen LogP contribution in [-0.2, 0) is 14.3 Å². The van der Waals surface area contributed by atoms with Crippen molar-refractivity contribution in [1.82, 2.24) is 10.6 Å². The summed E-state index contributed by atoms with van der Waals surface area (Å²) in [5, 5.41) is 14.5. The molecule has 2 unspecified atom stereocenters. The number of carboxylic acids is 1. The molecule has 3 rings (SSSR count). The van der Waals surface area contributed by atoms with Gasteiger partial charge in [-0.15, -0.1) is 6.58 Å². The van der Waals surface area contributed by atoms with E-state index in [0.717, 1.165) is 22.3 Å². The Morgan fingerprint density at radius 2 is 1.65 bits per heavy atom. The number of fused-ring (bicyclic) bond motifs is 3. The monoisotopic (exact) mass is 464 g/mol. The Balaban J connectivity index is 1.54. The summed E-state index contributed by atoms with van der Waals surface area (Å²) in [5.41, 5.74) is 4.60. The third-order valence-electron chi connectivity index (χ3n) is 6.28. The number of carbonyl (C=O) groups is 3. The zero-order chi connectivity index (χ0) is 24.7. The summed E-state index contributed by atoms with van der Waals surface area (Å²) >= 11 is 0. The van der Waals surface area contributed by atoms with Crippen molar-refractivity contribution in [2.45, 2.75) is 38.6 Å². The first-order valence-electron chi connectivity index (χ1n) is 11.5. The zero-order valence-corrected chi connectivity index (χ0v) is 19.6. The molecule has 1 aliphatic rings. The predicted octanol–water partition coefficient (Wildman–Crippen LogP) is 4.33. The van der Waals surface area contributed by atoms with Crippen molar-refractivity contribution in [3.8, 4) is 11.1 Å². The summed E-state index contributed by atoms with van der Waals surface area (Å²) in [4.78, 5) is 36.1. The number of alkyl carbamates (subject to hydrolysis) is 1. The maximum Gasteiger partial charge on any atom is 0.407 e. The molecule has 2 amide bonds. The summed E-state index contributed by atoms with van der Waals surface area (Å²) in [6.45, 7) is 7.90. The largest absolute Gasteiger partial charge is 0.480 e. The van der Waals surface area contributed by atoms with Gasteiger partial charge in [-0.05, 0) is 40.5 Å². The summed E-state index contributed by atoms with van der Waals surface area (Å²) in [6.07, 6.45) is 1.16. The van der Waals surface area contributed by atoms with Gasteiger partial charge in [0.05, 0.1) is 0 Å². The van der Waals surface area contributed by atoms with E-state index >= 15 is 0 Å². The van der Waals surface area contributed by atoms with Gasteiger partial charge in [0.15, 0.2) is 0 Å². The highest BCUT2D eigenvalue weighted by atomic mass is 16.5. The molecule has 3 N–H and O–H groups in total. The van der Waals surface area contributed by atoms with Crippen molar-refractivity contribution in [2.75, 3.05) is 13.2 Å². The normalized spacial score (nSPS) is 14.0. The Hall–Kier alpha value is -3.61. The van der Waals surface area contributed by atoms with Gasteiger partial charge in [0.25, 0.3) is 0 Å². The van der Waals surface area contributed by atoms with Crippen LogP contribution in [0.3, 0.4) is 0 Å². The molecule has 0 spiro atoms. The molecule has 0 fully saturated rings. The van der Waals surface area contributed by atoms with E-state index in [9.17, 15) is 19.5 Å². The van der Waals surface area contributed by atoms with E-state index in [4.69, 9.17) is 4.74 Å². The lowest BCUT2D eigenvalue weighted by atomic mass is 9.92. The fourth-order valence-electron chi connectivity index (χ4n) is 4.29. The number of ether oxygens (including phenoxy) is 1. The topological polar surface area (TPSA) is 105 Å². The second-order valence-electron chi connectivity index (χ2n) is 8.90. The maximum absolute atomic E-state index is 12.5. The number of rotatable bonds is 11. The summed E-state index contributed by atoms with van der Waals surface area (Å²) in [5.74, 6) is -1.57. The Morgan fingerprint density at radius 1 is 1.06 bits per heavy atom. The lowest BCUT2D eigenvalue weighted by Gasteiger charge is -2.22. The van der Waals surface area contributed by atoms with Crippen molar-refractivity contribution in [1.29, 1.82) is 0 Å². The molecule has 34 heavy (non-hydrogen) atoms. The summed E-state index contributed by atoms with van der Waals surface area (Å²) < 4.78 is 5.56. The standard InChI is InChI=1S/C27H32N2O5/c1-4-9-24(26(31)32)29-25(30)14-18(17(2)3)15-28-27(33)34-16-23-21-12-7-5-10-19(21)20-11-6-8-13-22(20)23/h4-8,10-13,17-18,23-24H,1,9,14-16H2,2-3H3,(H,28,33)(H,29,30)(H,31,32). The molecule has 0 heterocycles. The van der Waals surface area contributed by atoms with Crippen molar-refractivity contribution in [2.24, 2.45) is 11.8 Å². The van der Waals surface area contributed by atoms with Gasteiger partial charge in [0.1, 0.15) is 12.6 Å². The van der Waals surface area contributed by atoms with Crippen molar-refractivity contribution in [3.63, 3.8) is 0 Å². The van der Waals surface area contributed by atoms with Crippen LogP contribution in [0, 0.1) is 11.8 Å². The van der Waals surface area contributed by atoms with Crippen LogP contribution in [-0.4, -0.2) is 42.3 Å². The number of amides is 2. The molecule has 7 nitrogen and oxygen atoms in total. The van der Waals surface area contributed by atoms with Crippen LogP contribution >= 0.6 is 0 Å². The molecule has 1 aliphatic carbocycles. The van der Waals surface area contributed by atoms with E-state index in [2.05, 4.69) is 41.5 Å². The molecule has 0 aromatic heterocycles. The van der Waals surface area contributed by atoms with Crippen molar-refractivity contribution < 1.29 is 24.2 Å². The Kier molecular flexibility index (Phi) is 8.46. The molecule has 0 bridgehead atoms. The van der Waals surface area contributed by atoms with Crippen LogP contribution in [0.25, 0.3) is 11.1 Å². The van der Waals surface area contributed by atoms with E-state index in [1.807, 2.05) is 38.1 Å². The summed E-state index contributed by atoms with van der Waals surface area (Å²) in [7, 11) is 0. The van der Waals surface area contributed by atoms with Crippen LogP contribution in [0.4, 0.5) is 4.79 Å². The molecular formula is C27H32N2O5. The van der Waals surface area contributed by atoms with Crippen LogP contribution < -0.4 is 10.6 Å². The minimum Gasteiger partial charge on any atom is -0.480 e. The first-order valence-corrected chi connectivity index (χ1v) is 11.5. The second kappa shape index (κ2) is 11.5. The van der Waals surface area contributed by atoms with E-state index in [1.165, 1.54) is 6.08 Å². The third kappa shape index (κ3) is 6.04. The minimum atomic E-state index is -1.11. The van der Waals surface area contributed by atoms with E-state index in [0.29, 0.717) is 0 Å². The van der Waals surface area contributed by atoms with Gasteiger partial charge in [0, 0.05) is 18.9 Å². The van der Waals surface area contributed by atoms with E-state index < -0.39 is 18.1 Å². The molecule has 0 saturated carbocycles. The van der Waals surface area contributed by atoms with E-state index in [1.54, 1.807) is 0 Å². The van der Waals surface area contributed by atoms with Gasteiger partial charge in [-0.1, -0.05) is 68.5 Å². The molecular weight excluding hydrogens is 432 g/mol. The molecule has 2 aromatic carbocycles. The van der Waals surface area contributed by atoms with Crippen LogP contribution in [0.5, 0.6) is 0 Å². The van der Waals surface area contributed by atoms with Gasteiger partial charge < -0.3 is 20.5 Å². The van der Waals surface area contributed by atoms with Crippen LogP contribution in [0.15, 0.2) is 61.2 Å². The molecule has 180 valence electrons. The molecule has 7 heteroatoms. The number of benzene rings is 2. The quantitative estimate of drug-likeness (QED) is 0.429. The van der Waals surface area contributed by atoms with E-state index in [-0.39, 0.29) is 49.7 Å². The average molecular weight is 465 g/mol. The smallest absolute Gasteiger partial charge is 0.407 e. The number of aliphatic carboxylic acids is 1. The molecule has 0 radical (unpaired) electrons. The van der Waals surface area contributed by atoms with Gasteiger partial charge in [-0.25, -0.2) is 9.59 Å². The Morgan fingerprint density at radius 3 is 2.18 bits per heavy atom. The highest BCUT2D eigenvalue weighted by Gasteiger charge is 2.29. The van der Waals surface area contributed by atoms with Gasteiger partial charge in [-0.2, -0.15) is 0 Å². The molecule has 2 aromatic rings. The highest BCUT2D eigenvalue weighted by molar-refractivity contribution is 5.84. The van der Waals surface area contributed by atoms with Crippen molar-refractivity contribution >= 4 is 18.0 Å². The minimum absolute atomic E-state index is 0.0253. The number of hydrogen-bond donors (Lipinski definition) is 3. The third-order valence-corrected chi connectivity index (χ3v) is 6.28. The van der Waals surface area contributed by atoms with Crippen molar-refractivity contribution in [3.05, 3.63) is 72.3 Å². The first kappa shape index (κ1) is 25.0. The molecule has 2 atom stereocenters. The highest BCUT2D eigenvalue weighted by Crippen LogP contribution is 2.44. The van der Waals surface area contributed by atoms with Gasteiger partial charge >= 0.3 is 12.1 Å². The second-order valence-corrected chi connectivity index (χ2v) is 8.90. The van der Waals surface area contributed by atoms with Gasteiger partial charge in [0.2, 0.25) is 5.91 Å². The Labute approximate surface area is 200 Å². The Bertz CT molecular complexity index is 1000. The lowest BCUT2D eigenvalue weighted by molar-refractivity contribution is -0.141. The predicted molar refractivity (Wildman–Crippen MR) is 130 cm³/mol. The number of nitrogens with one attached hydrogen (secondary N) is 2. The number of carboxylic acid groups (broad SMARTS) is 1. The van der Waals surface area contributed by atoms with Gasteiger partial charge in [-0.3, -0.25) is 4.79 Å². The molecule has 0 aliphatic heterocycles. The lowest BCUT2D eigenvalue weighted by Crippen LogP contribution is -2.42. The number of carbonyl (C=O) groups excluding carboxylic acids is 2. The number of hydrogen-bond acceptors (Lipinski definition) is 4. The van der Waals surface area contributed by atoms with Crippen LogP contribution in [0.2, 0.25) is 0 Å². The first-order chi connectivity index (χ1) is 16.3.